The van der Waals surface area contributed by atoms with Crippen molar-refractivity contribution in [1.29, 1.82) is 0 Å². The van der Waals surface area contributed by atoms with Crippen molar-refractivity contribution in [1.82, 2.24) is 0 Å². The molecule has 1 aromatic rings. The fraction of sp³-hybridized carbons (Fsp3) is 0.429. The van der Waals surface area contributed by atoms with Gasteiger partial charge in [-0.2, -0.15) is 0 Å². The van der Waals surface area contributed by atoms with Gasteiger partial charge >= 0.3 is 5.97 Å². The van der Waals surface area contributed by atoms with Gasteiger partial charge in [-0.15, -0.1) is 0 Å². The Bertz CT molecular complexity index is 490. The summed E-state index contributed by atoms with van der Waals surface area (Å²) in [5, 5.41) is 9.43. The lowest BCUT2D eigenvalue weighted by Gasteiger charge is -2.26. The molecule has 0 aliphatic carbocycles. The van der Waals surface area contributed by atoms with E-state index in [-0.39, 0.29) is 12.5 Å². The summed E-state index contributed by atoms with van der Waals surface area (Å²) in [6.07, 6.45) is 0. The SMILES string of the molecule is CC(=O)N(CC(C)C(=O)O)c1c(C)cc(C)cc1Cl. The second-order valence-corrected chi connectivity index (χ2v) is 5.19. The van der Waals surface area contributed by atoms with Crippen molar-refractivity contribution in [2.24, 2.45) is 5.92 Å². The van der Waals surface area contributed by atoms with E-state index < -0.39 is 11.9 Å². The van der Waals surface area contributed by atoms with Crippen LogP contribution in [-0.4, -0.2) is 23.5 Å². The van der Waals surface area contributed by atoms with Crippen LogP contribution < -0.4 is 4.90 Å². The quantitative estimate of drug-likeness (QED) is 0.924. The molecule has 104 valence electrons. The lowest BCUT2D eigenvalue weighted by atomic mass is 10.1. The molecule has 0 radical (unpaired) electrons. The number of aliphatic carboxylic acids is 1. The molecule has 1 unspecified atom stereocenters. The summed E-state index contributed by atoms with van der Waals surface area (Å²) in [5.74, 6) is -1.81. The first-order valence-corrected chi connectivity index (χ1v) is 6.39. The van der Waals surface area contributed by atoms with Gasteiger partial charge in [-0.05, 0) is 31.0 Å². The van der Waals surface area contributed by atoms with Crippen LogP contribution in [0.1, 0.15) is 25.0 Å². The molecule has 19 heavy (non-hydrogen) atoms. The topological polar surface area (TPSA) is 57.6 Å². The highest BCUT2D eigenvalue weighted by molar-refractivity contribution is 6.34. The Morgan fingerprint density at radius 2 is 1.95 bits per heavy atom. The Kier molecular flexibility index (Phi) is 4.95. The Balaban J connectivity index is 3.20. The summed E-state index contributed by atoms with van der Waals surface area (Å²) >= 11 is 6.20. The molecule has 1 atom stereocenters. The molecule has 0 aromatic heterocycles. The lowest BCUT2D eigenvalue weighted by Crippen LogP contribution is -2.36. The van der Waals surface area contributed by atoms with E-state index in [4.69, 9.17) is 16.7 Å². The molecule has 0 bridgehead atoms. The minimum absolute atomic E-state index is 0.105. The Hall–Kier alpha value is -1.55. The van der Waals surface area contributed by atoms with Crippen molar-refractivity contribution >= 4 is 29.2 Å². The van der Waals surface area contributed by atoms with Gasteiger partial charge in [0.1, 0.15) is 0 Å². The van der Waals surface area contributed by atoms with E-state index >= 15 is 0 Å². The van der Waals surface area contributed by atoms with Gasteiger partial charge < -0.3 is 10.0 Å². The van der Waals surface area contributed by atoms with Crippen molar-refractivity contribution in [2.75, 3.05) is 11.4 Å². The number of benzene rings is 1. The molecule has 4 nitrogen and oxygen atoms in total. The minimum Gasteiger partial charge on any atom is -0.481 e. The van der Waals surface area contributed by atoms with E-state index in [1.165, 1.54) is 11.8 Å². The fourth-order valence-electron chi connectivity index (χ4n) is 1.98. The number of carbonyl (C=O) groups excluding carboxylic acids is 1. The third-order valence-corrected chi connectivity index (χ3v) is 3.21. The number of carboxylic acid groups (broad SMARTS) is 1. The van der Waals surface area contributed by atoms with E-state index in [1.807, 2.05) is 19.9 Å². The molecule has 0 fully saturated rings. The fourth-order valence-corrected chi connectivity index (χ4v) is 2.40. The van der Waals surface area contributed by atoms with Gasteiger partial charge in [-0.1, -0.05) is 24.6 Å². The van der Waals surface area contributed by atoms with E-state index in [9.17, 15) is 9.59 Å². The van der Waals surface area contributed by atoms with Crippen LogP contribution in [0.2, 0.25) is 5.02 Å². The highest BCUT2D eigenvalue weighted by Gasteiger charge is 2.22. The smallest absolute Gasteiger partial charge is 0.308 e. The van der Waals surface area contributed by atoms with Crippen molar-refractivity contribution < 1.29 is 14.7 Å². The third kappa shape index (κ3) is 3.70. The standard InChI is InChI=1S/C14H18ClNO3/c1-8-5-9(2)13(12(15)6-8)16(11(4)17)7-10(3)14(18)19/h5-6,10H,7H2,1-4H3,(H,18,19). The first kappa shape index (κ1) is 15.5. The zero-order valence-electron chi connectivity index (χ0n) is 11.5. The zero-order valence-corrected chi connectivity index (χ0v) is 12.3. The summed E-state index contributed by atoms with van der Waals surface area (Å²) in [4.78, 5) is 24.1. The van der Waals surface area contributed by atoms with Gasteiger partial charge in [0.05, 0.1) is 16.6 Å². The third-order valence-electron chi connectivity index (χ3n) is 2.93. The molecular weight excluding hydrogens is 266 g/mol. The highest BCUT2D eigenvalue weighted by Crippen LogP contribution is 2.31. The maximum atomic E-state index is 11.8. The van der Waals surface area contributed by atoms with E-state index in [2.05, 4.69) is 0 Å². The number of amides is 1. The van der Waals surface area contributed by atoms with Crippen molar-refractivity contribution in [3.63, 3.8) is 0 Å². The molecule has 1 amide bonds. The number of aryl methyl sites for hydroxylation is 2. The number of halogens is 1. The Labute approximate surface area is 118 Å². The van der Waals surface area contributed by atoms with Crippen LogP contribution in [0.3, 0.4) is 0 Å². The molecule has 0 spiro atoms. The summed E-state index contributed by atoms with van der Waals surface area (Å²) in [6, 6.07) is 3.69. The number of carboxylic acids is 1. The molecule has 0 heterocycles. The maximum absolute atomic E-state index is 11.8. The number of hydrogen-bond donors (Lipinski definition) is 1. The summed E-state index contributed by atoms with van der Waals surface area (Å²) in [5.41, 5.74) is 2.45. The predicted octanol–water partition coefficient (Wildman–Crippen LogP) is 3.03. The summed E-state index contributed by atoms with van der Waals surface area (Å²) < 4.78 is 0. The molecule has 5 heteroatoms. The van der Waals surface area contributed by atoms with Crippen molar-refractivity contribution in [2.45, 2.75) is 27.7 Å². The molecule has 0 aliphatic heterocycles. The van der Waals surface area contributed by atoms with Gasteiger partial charge in [0.15, 0.2) is 0 Å². The van der Waals surface area contributed by atoms with E-state index in [0.717, 1.165) is 11.1 Å². The van der Waals surface area contributed by atoms with Gasteiger partial charge in [-0.25, -0.2) is 0 Å². The second kappa shape index (κ2) is 6.06. The molecule has 1 rings (SSSR count). The first-order chi connectivity index (χ1) is 8.73. The summed E-state index contributed by atoms with van der Waals surface area (Å²) in [6.45, 7) is 6.85. The van der Waals surface area contributed by atoms with Gasteiger partial charge in [0.2, 0.25) is 5.91 Å². The highest BCUT2D eigenvalue weighted by atomic mass is 35.5. The van der Waals surface area contributed by atoms with E-state index in [0.29, 0.717) is 10.7 Å². The number of anilines is 1. The average Bonchev–Trinajstić information content (AvgIpc) is 2.25. The predicted molar refractivity (Wildman–Crippen MR) is 75.8 cm³/mol. The maximum Gasteiger partial charge on any atom is 0.308 e. The summed E-state index contributed by atoms with van der Waals surface area (Å²) in [7, 11) is 0. The lowest BCUT2D eigenvalue weighted by molar-refractivity contribution is -0.140. The van der Waals surface area contributed by atoms with Crippen LogP contribution in [0.15, 0.2) is 12.1 Å². The zero-order chi connectivity index (χ0) is 14.7. The number of rotatable bonds is 4. The van der Waals surface area contributed by atoms with E-state index in [1.54, 1.807) is 13.0 Å². The van der Waals surface area contributed by atoms with Crippen molar-refractivity contribution in [3.8, 4) is 0 Å². The normalized spacial score (nSPS) is 12.1. The van der Waals surface area contributed by atoms with Crippen LogP contribution in [-0.2, 0) is 9.59 Å². The van der Waals surface area contributed by atoms with Crippen LogP contribution >= 0.6 is 11.6 Å². The molecule has 1 N–H and O–H groups in total. The number of hydrogen-bond acceptors (Lipinski definition) is 2. The van der Waals surface area contributed by atoms with Crippen LogP contribution in [0, 0.1) is 19.8 Å². The second-order valence-electron chi connectivity index (χ2n) is 4.78. The van der Waals surface area contributed by atoms with Gasteiger partial charge in [0.25, 0.3) is 0 Å². The van der Waals surface area contributed by atoms with Crippen LogP contribution in [0.5, 0.6) is 0 Å². The first-order valence-electron chi connectivity index (χ1n) is 6.01. The largest absolute Gasteiger partial charge is 0.481 e. The Morgan fingerprint density at radius 1 is 1.37 bits per heavy atom. The average molecular weight is 284 g/mol. The van der Waals surface area contributed by atoms with Crippen LogP contribution in [0.4, 0.5) is 5.69 Å². The molecule has 0 saturated carbocycles. The molecular formula is C14H18ClNO3. The monoisotopic (exact) mass is 283 g/mol. The van der Waals surface area contributed by atoms with Gasteiger partial charge in [0, 0.05) is 13.5 Å². The molecule has 0 aliphatic rings. The minimum atomic E-state index is -0.938. The molecule has 0 saturated heterocycles. The molecule has 1 aromatic carbocycles. The Morgan fingerprint density at radius 3 is 2.37 bits per heavy atom. The number of nitrogens with zero attached hydrogens (tertiary/aromatic N) is 1. The van der Waals surface area contributed by atoms with Crippen molar-refractivity contribution in [3.05, 3.63) is 28.3 Å². The number of carbonyl (C=O) groups is 2. The van der Waals surface area contributed by atoms with Gasteiger partial charge in [-0.3, -0.25) is 9.59 Å². The van der Waals surface area contributed by atoms with Crippen LogP contribution in [0.25, 0.3) is 0 Å².